The molecule has 0 aliphatic rings. The Hall–Kier alpha value is -2.13. The molecule has 3 nitrogen and oxygen atoms in total. The van der Waals surface area contributed by atoms with Crippen molar-refractivity contribution in [2.45, 2.75) is 32.4 Å². The van der Waals surface area contributed by atoms with Crippen LogP contribution in [0.5, 0.6) is 0 Å². The lowest BCUT2D eigenvalue weighted by Crippen LogP contribution is -2.21. The summed E-state index contributed by atoms with van der Waals surface area (Å²) in [5.74, 6) is 0. The van der Waals surface area contributed by atoms with Gasteiger partial charge < -0.3 is 10.3 Å². The minimum Gasteiger partial charge on any atom is -0.343 e. The van der Waals surface area contributed by atoms with Crippen LogP contribution >= 0.6 is 0 Å². The number of fused-ring (bicyclic) bond motifs is 1. The van der Waals surface area contributed by atoms with Crippen LogP contribution in [0.4, 0.5) is 0 Å². The SMILES string of the molecule is CCC(N)Cc1cn(Cc2cccnc2)c2ccccc12. The molecule has 0 amide bonds. The van der Waals surface area contributed by atoms with Crippen molar-refractivity contribution in [2.75, 3.05) is 0 Å². The zero-order valence-corrected chi connectivity index (χ0v) is 12.4. The van der Waals surface area contributed by atoms with E-state index < -0.39 is 0 Å². The summed E-state index contributed by atoms with van der Waals surface area (Å²) in [6.07, 6.45) is 7.90. The van der Waals surface area contributed by atoms with E-state index in [-0.39, 0.29) is 6.04 Å². The molecule has 0 bridgehead atoms. The molecule has 3 aromatic rings. The molecular formula is C18H21N3. The largest absolute Gasteiger partial charge is 0.343 e. The summed E-state index contributed by atoms with van der Waals surface area (Å²) >= 11 is 0. The van der Waals surface area contributed by atoms with E-state index in [1.165, 1.54) is 22.0 Å². The Morgan fingerprint density at radius 2 is 2.05 bits per heavy atom. The molecular weight excluding hydrogens is 258 g/mol. The van der Waals surface area contributed by atoms with Gasteiger partial charge in [-0.05, 0) is 36.1 Å². The first-order chi connectivity index (χ1) is 10.3. The molecule has 0 fully saturated rings. The summed E-state index contributed by atoms with van der Waals surface area (Å²) in [5, 5.41) is 1.31. The van der Waals surface area contributed by atoms with Gasteiger partial charge in [0.2, 0.25) is 0 Å². The normalized spacial score (nSPS) is 12.7. The smallest absolute Gasteiger partial charge is 0.0491 e. The molecule has 0 aliphatic heterocycles. The number of nitrogens with zero attached hydrogens (tertiary/aromatic N) is 2. The fourth-order valence-corrected chi connectivity index (χ4v) is 2.73. The van der Waals surface area contributed by atoms with Crippen molar-refractivity contribution >= 4 is 10.9 Å². The third kappa shape index (κ3) is 2.98. The molecule has 3 heteroatoms. The van der Waals surface area contributed by atoms with Gasteiger partial charge in [0.05, 0.1) is 0 Å². The first kappa shape index (κ1) is 13.8. The molecule has 0 aliphatic carbocycles. The second-order valence-electron chi connectivity index (χ2n) is 5.53. The van der Waals surface area contributed by atoms with Crippen molar-refractivity contribution in [1.29, 1.82) is 0 Å². The van der Waals surface area contributed by atoms with Gasteiger partial charge in [0, 0.05) is 42.1 Å². The fourth-order valence-electron chi connectivity index (χ4n) is 2.73. The molecule has 0 spiro atoms. The van der Waals surface area contributed by atoms with Crippen molar-refractivity contribution < 1.29 is 0 Å². The number of para-hydroxylation sites is 1. The third-order valence-corrected chi connectivity index (χ3v) is 3.95. The van der Waals surface area contributed by atoms with E-state index in [2.05, 4.69) is 53.0 Å². The van der Waals surface area contributed by atoms with Crippen molar-refractivity contribution in [3.8, 4) is 0 Å². The Kier molecular flexibility index (Phi) is 4.02. The summed E-state index contributed by atoms with van der Waals surface area (Å²) < 4.78 is 2.30. The number of nitrogens with two attached hydrogens (primary N) is 1. The maximum atomic E-state index is 6.14. The maximum absolute atomic E-state index is 6.14. The molecule has 2 aromatic heterocycles. The molecule has 108 valence electrons. The van der Waals surface area contributed by atoms with Gasteiger partial charge in [0.1, 0.15) is 0 Å². The van der Waals surface area contributed by atoms with Crippen LogP contribution in [0.2, 0.25) is 0 Å². The van der Waals surface area contributed by atoms with Crippen LogP contribution in [-0.4, -0.2) is 15.6 Å². The quantitative estimate of drug-likeness (QED) is 0.778. The first-order valence-corrected chi connectivity index (χ1v) is 7.49. The summed E-state index contributed by atoms with van der Waals surface area (Å²) in [4.78, 5) is 4.20. The maximum Gasteiger partial charge on any atom is 0.0491 e. The zero-order valence-electron chi connectivity index (χ0n) is 12.4. The third-order valence-electron chi connectivity index (χ3n) is 3.95. The van der Waals surface area contributed by atoms with E-state index in [1.54, 1.807) is 0 Å². The van der Waals surface area contributed by atoms with E-state index in [0.29, 0.717) is 0 Å². The van der Waals surface area contributed by atoms with Crippen LogP contribution in [0.15, 0.2) is 55.0 Å². The van der Waals surface area contributed by atoms with Gasteiger partial charge in [-0.25, -0.2) is 0 Å². The van der Waals surface area contributed by atoms with Gasteiger partial charge in [-0.2, -0.15) is 0 Å². The molecule has 3 rings (SSSR count). The van der Waals surface area contributed by atoms with Crippen molar-refractivity contribution in [3.63, 3.8) is 0 Å². The molecule has 0 saturated carbocycles. The second kappa shape index (κ2) is 6.10. The van der Waals surface area contributed by atoms with Gasteiger partial charge in [-0.1, -0.05) is 31.2 Å². The van der Waals surface area contributed by atoms with Gasteiger partial charge in [-0.3, -0.25) is 4.98 Å². The summed E-state index contributed by atoms with van der Waals surface area (Å²) in [6, 6.07) is 12.9. The molecule has 21 heavy (non-hydrogen) atoms. The average molecular weight is 279 g/mol. The number of pyridine rings is 1. The monoisotopic (exact) mass is 279 g/mol. The summed E-state index contributed by atoms with van der Waals surface area (Å²) in [5.41, 5.74) is 9.95. The lowest BCUT2D eigenvalue weighted by atomic mass is 10.0. The Morgan fingerprint density at radius 1 is 1.19 bits per heavy atom. The van der Waals surface area contributed by atoms with Crippen molar-refractivity contribution in [1.82, 2.24) is 9.55 Å². The highest BCUT2D eigenvalue weighted by Crippen LogP contribution is 2.23. The van der Waals surface area contributed by atoms with Gasteiger partial charge in [0.25, 0.3) is 0 Å². The van der Waals surface area contributed by atoms with Crippen LogP contribution in [0.1, 0.15) is 24.5 Å². The Morgan fingerprint density at radius 3 is 2.81 bits per heavy atom. The highest BCUT2D eigenvalue weighted by Gasteiger charge is 2.11. The second-order valence-corrected chi connectivity index (χ2v) is 5.53. The minimum atomic E-state index is 0.225. The van der Waals surface area contributed by atoms with Gasteiger partial charge >= 0.3 is 0 Å². The van der Waals surface area contributed by atoms with E-state index in [1.807, 2.05) is 18.5 Å². The van der Waals surface area contributed by atoms with Crippen LogP contribution in [0.25, 0.3) is 10.9 Å². The predicted octanol–water partition coefficient (Wildman–Crippen LogP) is 3.36. The van der Waals surface area contributed by atoms with E-state index in [4.69, 9.17) is 5.73 Å². The van der Waals surface area contributed by atoms with Gasteiger partial charge in [0.15, 0.2) is 0 Å². The zero-order chi connectivity index (χ0) is 14.7. The number of rotatable bonds is 5. The molecule has 1 atom stereocenters. The van der Waals surface area contributed by atoms with E-state index in [9.17, 15) is 0 Å². The standard InChI is InChI=1S/C18H21N3/c1-2-16(19)10-15-13-21(12-14-6-5-9-20-11-14)18-8-4-3-7-17(15)18/h3-9,11,13,16H,2,10,12,19H2,1H3. The molecule has 1 aromatic carbocycles. The van der Waals surface area contributed by atoms with Crippen LogP contribution in [0.3, 0.4) is 0 Å². The van der Waals surface area contributed by atoms with Crippen LogP contribution in [0, 0.1) is 0 Å². The highest BCUT2D eigenvalue weighted by atomic mass is 15.0. The Bertz CT molecular complexity index is 716. The first-order valence-electron chi connectivity index (χ1n) is 7.49. The average Bonchev–Trinajstić information content (AvgIpc) is 2.86. The topological polar surface area (TPSA) is 43.8 Å². The van der Waals surface area contributed by atoms with E-state index >= 15 is 0 Å². The van der Waals surface area contributed by atoms with E-state index in [0.717, 1.165) is 19.4 Å². The fraction of sp³-hybridized carbons (Fsp3) is 0.278. The molecule has 2 heterocycles. The van der Waals surface area contributed by atoms with Crippen LogP contribution < -0.4 is 5.73 Å². The number of aromatic nitrogens is 2. The number of hydrogen-bond donors (Lipinski definition) is 1. The van der Waals surface area contributed by atoms with Crippen LogP contribution in [-0.2, 0) is 13.0 Å². The molecule has 0 saturated heterocycles. The van der Waals surface area contributed by atoms with Gasteiger partial charge in [-0.15, -0.1) is 0 Å². The molecule has 0 radical (unpaired) electrons. The lowest BCUT2D eigenvalue weighted by Gasteiger charge is -2.06. The lowest BCUT2D eigenvalue weighted by molar-refractivity contribution is 0.646. The van der Waals surface area contributed by atoms with Crippen molar-refractivity contribution in [3.05, 3.63) is 66.1 Å². The number of benzene rings is 1. The summed E-state index contributed by atoms with van der Waals surface area (Å²) in [7, 11) is 0. The van der Waals surface area contributed by atoms with Crippen molar-refractivity contribution in [2.24, 2.45) is 5.73 Å². The number of hydrogen-bond acceptors (Lipinski definition) is 2. The summed E-state index contributed by atoms with van der Waals surface area (Å²) in [6.45, 7) is 2.98. The molecule has 2 N–H and O–H groups in total. The molecule has 1 unspecified atom stereocenters. The highest BCUT2D eigenvalue weighted by molar-refractivity contribution is 5.84. The Labute approximate surface area is 125 Å². The minimum absolute atomic E-state index is 0.225. The predicted molar refractivity (Wildman–Crippen MR) is 87.2 cm³/mol. The Balaban J connectivity index is 1.99.